The Kier molecular flexibility index (Phi) is 3.74. The van der Waals surface area contributed by atoms with Crippen LogP contribution in [0, 0.1) is 0 Å². The van der Waals surface area contributed by atoms with E-state index in [1.807, 2.05) is 42.5 Å². The fourth-order valence-corrected chi connectivity index (χ4v) is 3.19. The number of hydrogen-bond donors (Lipinski definition) is 3. The summed E-state index contributed by atoms with van der Waals surface area (Å²) in [4.78, 5) is 23.0. The SMILES string of the molecule is O=C(O)CNCc1ccc2c(c1)CO/C2=C1/C(=O)Nc2ccccc21. The summed E-state index contributed by atoms with van der Waals surface area (Å²) in [7, 11) is 0. The lowest BCUT2D eigenvalue weighted by Crippen LogP contribution is -2.21. The molecular weight excluding hydrogens is 320 g/mol. The first-order chi connectivity index (χ1) is 12.1. The molecule has 0 fully saturated rings. The quantitative estimate of drug-likeness (QED) is 0.745. The normalized spacial score (nSPS) is 17.7. The number of anilines is 1. The molecule has 2 aromatic rings. The van der Waals surface area contributed by atoms with Gasteiger partial charge < -0.3 is 20.5 Å². The number of carboxylic acids is 1. The van der Waals surface area contributed by atoms with E-state index in [-0.39, 0.29) is 12.5 Å². The highest BCUT2D eigenvalue weighted by molar-refractivity contribution is 6.36. The molecule has 4 rings (SSSR count). The Bertz CT molecular complexity index is 917. The van der Waals surface area contributed by atoms with Crippen LogP contribution in [0.3, 0.4) is 0 Å². The highest BCUT2D eigenvalue weighted by Gasteiger charge is 2.32. The summed E-state index contributed by atoms with van der Waals surface area (Å²) < 4.78 is 5.84. The standard InChI is InChI=1S/C19H16N2O4/c22-16(23)9-20-8-11-5-6-13-12(7-11)10-25-18(13)17-14-3-1-2-4-15(14)21-19(17)24/h1-7,20H,8-10H2,(H,21,24)(H,22,23)/b18-17+. The van der Waals surface area contributed by atoms with E-state index >= 15 is 0 Å². The van der Waals surface area contributed by atoms with E-state index in [1.165, 1.54) is 0 Å². The third kappa shape index (κ3) is 2.77. The van der Waals surface area contributed by atoms with Gasteiger partial charge in [0, 0.05) is 28.9 Å². The molecule has 25 heavy (non-hydrogen) atoms. The lowest BCUT2D eigenvalue weighted by atomic mass is 9.99. The minimum atomic E-state index is -0.887. The lowest BCUT2D eigenvalue weighted by molar-refractivity contribution is -0.136. The van der Waals surface area contributed by atoms with Crippen molar-refractivity contribution in [3.63, 3.8) is 0 Å². The molecular formula is C19H16N2O4. The molecule has 0 bridgehead atoms. The topological polar surface area (TPSA) is 87.7 Å². The highest BCUT2D eigenvalue weighted by Crippen LogP contribution is 2.41. The number of aliphatic carboxylic acids is 1. The monoisotopic (exact) mass is 336 g/mol. The van der Waals surface area contributed by atoms with Crippen molar-refractivity contribution in [1.29, 1.82) is 0 Å². The average molecular weight is 336 g/mol. The van der Waals surface area contributed by atoms with Crippen LogP contribution in [0.1, 0.15) is 22.3 Å². The van der Waals surface area contributed by atoms with Gasteiger partial charge in [0.05, 0.1) is 12.1 Å². The first kappa shape index (κ1) is 15.4. The number of carboxylic acid groups (broad SMARTS) is 1. The van der Waals surface area contributed by atoms with Gasteiger partial charge in [-0.25, -0.2) is 0 Å². The molecule has 3 N–H and O–H groups in total. The predicted octanol–water partition coefficient (Wildman–Crippen LogP) is 2.21. The molecule has 0 aromatic heterocycles. The van der Waals surface area contributed by atoms with E-state index in [9.17, 15) is 9.59 Å². The fraction of sp³-hybridized carbons (Fsp3) is 0.158. The van der Waals surface area contributed by atoms with Crippen molar-refractivity contribution < 1.29 is 19.4 Å². The van der Waals surface area contributed by atoms with Gasteiger partial charge in [-0.3, -0.25) is 9.59 Å². The van der Waals surface area contributed by atoms with E-state index in [4.69, 9.17) is 9.84 Å². The number of rotatable bonds is 4. The number of hydrogen-bond acceptors (Lipinski definition) is 4. The maximum atomic E-state index is 12.4. The van der Waals surface area contributed by atoms with Crippen LogP contribution in [0.2, 0.25) is 0 Å². The third-order valence-electron chi connectivity index (χ3n) is 4.29. The number of ether oxygens (including phenoxy) is 1. The van der Waals surface area contributed by atoms with Gasteiger partial charge in [0.25, 0.3) is 5.91 Å². The molecule has 0 unspecified atom stereocenters. The highest BCUT2D eigenvalue weighted by atomic mass is 16.5. The van der Waals surface area contributed by atoms with Crippen molar-refractivity contribution in [1.82, 2.24) is 5.32 Å². The Morgan fingerprint density at radius 1 is 1.20 bits per heavy atom. The Morgan fingerprint density at radius 2 is 2.04 bits per heavy atom. The summed E-state index contributed by atoms with van der Waals surface area (Å²) in [5.74, 6) is -0.443. The zero-order valence-corrected chi connectivity index (χ0v) is 13.3. The minimum absolute atomic E-state index is 0.0835. The third-order valence-corrected chi connectivity index (χ3v) is 4.29. The largest absolute Gasteiger partial charge is 0.487 e. The van der Waals surface area contributed by atoms with Crippen LogP contribution >= 0.6 is 0 Å². The summed E-state index contributed by atoms with van der Waals surface area (Å²) in [6, 6.07) is 13.4. The van der Waals surface area contributed by atoms with Gasteiger partial charge >= 0.3 is 5.97 Å². The fourth-order valence-electron chi connectivity index (χ4n) is 3.19. The zero-order valence-electron chi connectivity index (χ0n) is 13.3. The van der Waals surface area contributed by atoms with Gasteiger partial charge in [0.15, 0.2) is 0 Å². The first-order valence-electron chi connectivity index (χ1n) is 7.96. The molecule has 0 atom stereocenters. The molecule has 6 heteroatoms. The Hall–Kier alpha value is -3.12. The smallest absolute Gasteiger partial charge is 0.317 e. The van der Waals surface area contributed by atoms with Crippen LogP contribution in [0.4, 0.5) is 5.69 Å². The first-order valence-corrected chi connectivity index (χ1v) is 7.96. The summed E-state index contributed by atoms with van der Waals surface area (Å²) >= 11 is 0. The van der Waals surface area contributed by atoms with Gasteiger partial charge in [0.1, 0.15) is 12.4 Å². The summed E-state index contributed by atoms with van der Waals surface area (Å²) in [5, 5.41) is 14.4. The second kappa shape index (κ2) is 6.07. The number of carbonyl (C=O) groups excluding carboxylic acids is 1. The molecule has 2 aliphatic rings. The van der Waals surface area contributed by atoms with Crippen molar-refractivity contribution in [3.05, 3.63) is 64.7 Å². The van der Waals surface area contributed by atoms with Gasteiger partial charge in [-0.1, -0.05) is 36.4 Å². The Balaban J connectivity index is 1.67. The predicted molar refractivity (Wildman–Crippen MR) is 92.5 cm³/mol. The Labute approximate surface area is 144 Å². The summed E-state index contributed by atoms with van der Waals surface area (Å²) in [5.41, 5.74) is 5.08. The second-order valence-corrected chi connectivity index (χ2v) is 5.98. The van der Waals surface area contributed by atoms with Gasteiger partial charge in [-0.2, -0.15) is 0 Å². The van der Waals surface area contributed by atoms with E-state index in [0.717, 1.165) is 27.9 Å². The summed E-state index contributed by atoms with van der Waals surface area (Å²) in [6.07, 6.45) is 0. The summed E-state index contributed by atoms with van der Waals surface area (Å²) in [6.45, 7) is 0.783. The van der Waals surface area contributed by atoms with Crippen molar-refractivity contribution >= 4 is 28.9 Å². The molecule has 0 spiro atoms. The van der Waals surface area contributed by atoms with Crippen LogP contribution in [0.5, 0.6) is 0 Å². The molecule has 2 heterocycles. The van der Waals surface area contributed by atoms with Crippen LogP contribution < -0.4 is 10.6 Å². The molecule has 1 amide bonds. The van der Waals surface area contributed by atoms with Gasteiger partial charge in [-0.15, -0.1) is 0 Å². The van der Waals surface area contributed by atoms with Crippen LogP contribution in [-0.4, -0.2) is 23.5 Å². The number of amides is 1. The van der Waals surface area contributed by atoms with Crippen molar-refractivity contribution in [2.24, 2.45) is 0 Å². The molecule has 0 radical (unpaired) electrons. The van der Waals surface area contributed by atoms with Crippen LogP contribution in [0.25, 0.3) is 11.3 Å². The maximum absolute atomic E-state index is 12.4. The van der Waals surface area contributed by atoms with E-state index in [0.29, 0.717) is 24.5 Å². The Morgan fingerprint density at radius 3 is 2.88 bits per heavy atom. The van der Waals surface area contributed by atoms with E-state index in [2.05, 4.69) is 10.6 Å². The maximum Gasteiger partial charge on any atom is 0.317 e. The van der Waals surface area contributed by atoms with Gasteiger partial charge in [-0.05, 0) is 11.6 Å². The molecule has 0 saturated heterocycles. The molecule has 0 saturated carbocycles. The molecule has 126 valence electrons. The van der Waals surface area contributed by atoms with Crippen molar-refractivity contribution in [2.75, 3.05) is 11.9 Å². The molecule has 2 aliphatic heterocycles. The minimum Gasteiger partial charge on any atom is -0.487 e. The second-order valence-electron chi connectivity index (χ2n) is 5.98. The molecule has 2 aromatic carbocycles. The number of fused-ring (bicyclic) bond motifs is 2. The van der Waals surface area contributed by atoms with Crippen molar-refractivity contribution in [2.45, 2.75) is 13.2 Å². The van der Waals surface area contributed by atoms with Gasteiger partial charge in [0.2, 0.25) is 0 Å². The lowest BCUT2D eigenvalue weighted by Gasteiger charge is -2.06. The number of nitrogens with one attached hydrogen (secondary N) is 2. The zero-order chi connectivity index (χ0) is 17.4. The van der Waals surface area contributed by atoms with Crippen LogP contribution in [0.15, 0.2) is 42.5 Å². The number of para-hydroxylation sites is 1. The van der Waals surface area contributed by atoms with Crippen molar-refractivity contribution in [3.8, 4) is 0 Å². The molecule has 6 nitrogen and oxygen atoms in total. The molecule has 0 aliphatic carbocycles. The average Bonchev–Trinajstić information content (AvgIpc) is 3.13. The van der Waals surface area contributed by atoms with E-state index in [1.54, 1.807) is 0 Å². The number of carbonyl (C=O) groups is 2. The number of benzene rings is 2. The van der Waals surface area contributed by atoms with E-state index < -0.39 is 5.97 Å². The van der Waals surface area contributed by atoms with Crippen LogP contribution in [-0.2, 0) is 27.5 Å².